The first-order chi connectivity index (χ1) is 9.40. The van der Waals surface area contributed by atoms with Crippen LogP contribution in [0.3, 0.4) is 0 Å². The van der Waals surface area contributed by atoms with Gasteiger partial charge in [0, 0.05) is 17.4 Å². The molecule has 1 aromatic heterocycles. The second-order valence-electron chi connectivity index (χ2n) is 3.79. The summed E-state index contributed by atoms with van der Waals surface area (Å²) in [5.41, 5.74) is -0.296. The molecule has 20 heavy (non-hydrogen) atoms. The van der Waals surface area contributed by atoms with Crippen molar-refractivity contribution in [2.45, 2.75) is 4.90 Å². The summed E-state index contributed by atoms with van der Waals surface area (Å²) >= 11 is 5.70. The number of benzene rings is 1. The molecule has 0 fully saturated rings. The third-order valence-corrected chi connectivity index (χ3v) is 3.99. The Morgan fingerprint density at radius 3 is 2.65 bits per heavy atom. The fraction of sp³-hybridized carbons (Fsp3) is 0. The summed E-state index contributed by atoms with van der Waals surface area (Å²) in [6, 6.07) is 6.68. The summed E-state index contributed by atoms with van der Waals surface area (Å²) in [6.45, 7) is 0. The third kappa shape index (κ3) is 3.06. The average molecular weight is 313 g/mol. The summed E-state index contributed by atoms with van der Waals surface area (Å²) in [5.74, 6) is -1.28. The molecule has 2 aromatic rings. The maximum absolute atomic E-state index is 12.1. The molecule has 2 N–H and O–H groups in total. The second kappa shape index (κ2) is 5.48. The molecule has 1 aromatic carbocycles. The number of carboxylic acid groups (broad SMARTS) is 1. The van der Waals surface area contributed by atoms with Gasteiger partial charge in [-0.1, -0.05) is 11.6 Å². The van der Waals surface area contributed by atoms with E-state index in [0.717, 1.165) is 0 Å². The van der Waals surface area contributed by atoms with Gasteiger partial charge in [-0.3, -0.25) is 9.71 Å². The van der Waals surface area contributed by atoms with E-state index in [-0.39, 0.29) is 21.2 Å². The van der Waals surface area contributed by atoms with E-state index >= 15 is 0 Å². The lowest BCUT2D eigenvalue weighted by atomic mass is 10.2. The van der Waals surface area contributed by atoms with Crippen LogP contribution in [0.5, 0.6) is 0 Å². The van der Waals surface area contributed by atoms with Crippen molar-refractivity contribution in [1.29, 1.82) is 0 Å². The topological polar surface area (TPSA) is 96.4 Å². The van der Waals surface area contributed by atoms with Gasteiger partial charge in [-0.2, -0.15) is 0 Å². The number of rotatable bonds is 4. The highest BCUT2D eigenvalue weighted by molar-refractivity contribution is 7.92. The van der Waals surface area contributed by atoms with Gasteiger partial charge in [0.1, 0.15) is 4.90 Å². The monoisotopic (exact) mass is 312 g/mol. The Morgan fingerprint density at radius 2 is 2.05 bits per heavy atom. The lowest BCUT2D eigenvalue weighted by Crippen LogP contribution is -2.15. The van der Waals surface area contributed by atoms with Gasteiger partial charge in [0.25, 0.3) is 10.0 Å². The molecule has 8 heteroatoms. The van der Waals surface area contributed by atoms with Gasteiger partial charge in [0.05, 0.1) is 11.3 Å². The zero-order valence-corrected chi connectivity index (χ0v) is 11.5. The van der Waals surface area contributed by atoms with E-state index in [1.807, 2.05) is 0 Å². The molecule has 104 valence electrons. The molecule has 2 rings (SSSR count). The number of hydrogen-bond donors (Lipinski definition) is 2. The molecule has 0 atom stereocenters. The molecule has 6 nitrogen and oxygen atoms in total. The van der Waals surface area contributed by atoms with E-state index in [1.165, 1.54) is 42.7 Å². The van der Waals surface area contributed by atoms with Crippen LogP contribution < -0.4 is 4.72 Å². The number of halogens is 1. The van der Waals surface area contributed by atoms with Crippen LogP contribution in [-0.4, -0.2) is 24.5 Å². The van der Waals surface area contributed by atoms with Gasteiger partial charge in [-0.05, 0) is 30.3 Å². The summed E-state index contributed by atoms with van der Waals surface area (Å²) in [5, 5.41) is 9.25. The Morgan fingerprint density at radius 1 is 1.30 bits per heavy atom. The Bertz CT molecular complexity index is 747. The van der Waals surface area contributed by atoms with Crippen molar-refractivity contribution in [3.05, 3.63) is 53.3 Å². The summed E-state index contributed by atoms with van der Waals surface area (Å²) in [4.78, 5) is 14.7. The quantitative estimate of drug-likeness (QED) is 0.902. The molecule has 0 aliphatic carbocycles. The summed E-state index contributed by atoms with van der Waals surface area (Å²) < 4.78 is 26.4. The first-order valence-electron chi connectivity index (χ1n) is 5.36. The largest absolute Gasteiger partial charge is 0.478 e. The Hall–Kier alpha value is -2.12. The molecule has 0 radical (unpaired) electrons. The highest BCUT2D eigenvalue weighted by Crippen LogP contribution is 2.23. The summed E-state index contributed by atoms with van der Waals surface area (Å²) in [7, 11) is -3.90. The number of anilines is 1. The number of pyridine rings is 1. The van der Waals surface area contributed by atoms with E-state index in [0.29, 0.717) is 0 Å². The van der Waals surface area contributed by atoms with Crippen LogP contribution in [0.2, 0.25) is 5.02 Å². The minimum atomic E-state index is -3.90. The van der Waals surface area contributed by atoms with Crippen molar-refractivity contribution in [3.63, 3.8) is 0 Å². The minimum Gasteiger partial charge on any atom is -0.478 e. The lowest BCUT2D eigenvalue weighted by Gasteiger charge is -2.10. The van der Waals surface area contributed by atoms with Crippen LogP contribution >= 0.6 is 11.6 Å². The number of aromatic nitrogens is 1. The van der Waals surface area contributed by atoms with Crippen molar-refractivity contribution in [3.8, 4) is 0 Å². The smallest absolute Gasteiger partial charge is 0.337 e. The van der Waals surface area contributed by atoms with Crippen molar-refractivity contribution >= 4 is 33.3 Å². The van der Waals surface area contributed by atoms with Gasteiger partial charge >= 0.3 is 5.97 Å². The Balaban J connectivity index is 2.43. The fourth-order valence-electron chi connectivity index (χ4n) is 1.49. The van der Waals surface area contributed by atoms with Gasteiger partial charge in [0.15, 0.2) is 0 Å². The molecule has 0 amide bonds. The zero-order valence-electron chi connectivity index (χ0n) is 9.95. The predicted molar refractivity (Wildman–Crippen MR) is 73.5 cm³/mol. The van der Waals surface area contributed by atoms with Gasteiger partial charge in [0.2, 0.25) is 0 Å². The van der Waals surface area contributed by atoms with E-state index in [9.17, 15) is 13.2 Å². The second-order valence-corrected chi connectivity index (χ2v) is 5.91. The van der Waals surface area contributed by atoms with Crippen LogP contribution in [0.1, 0.15) is 10.4 Å². The first kappa shape index (κ1) is 14.3. The van der Waals surface area contributed by atoms with E-state index in [4.69, 9.17) is 16.7 Å². The molecular weight excluding hydrogens is 304 g/mol. The molecule has 0 spiro atoms. The maximum atomic E-state index is 12.1. The van der Waals surface area contributed by atoms with Crippen molar-refractivity contribution in [1.82, 2.24) is 4.98 Å². The number of aromatic carboxylic acids is 1. The zero-order chi connectivity index (χ0) is 14.8. The highest BCUT2D eigenvalue weighted by atomic mass is 35.5. The molecule has 0 aliphatic rings. The fourth-order valence-corrected chi connectivity index (χ4v) is 2.71. The maximum Gasteiger partial charge on any atom is 0.337 e. The SMILES string of the molecule is O=C(O)c1cc(Cl)ccc1NS(=O)(=O)c1cccnc1. The first-order valence-corrected chi connectivity index (χ1v) is 7.22. The molecular formula is C12H9ClN2O4S. The Labute approximate surface area is 120 Å². The summed E-state index contributed by atoms with van der Waals surface area (Å²) in [6.07, 6.45) is 2.60. The minimum absolute atomic E-state index is 0.0636. The van der Waals surface area contributed by atoms with Gasteiger partial charge in [-0.25, -0.2) is 13.2 Å². The van der Waals surface area contributed by atoms with Gasteiger partial charge < -0.3 is 5.11 Å². The van der Waals surface area contributed by atoms with Gasteiger partial charge in [-0.15, -0.1) is 0 Å². The molecule has 0 bridgehead atoms. The van der Waals surface area contributed by atoms with Crippen LogP contribution in [0.25, 0.3) is 0 Å². The number of nitrogens with one attached hydrogen (secondary N) is 1. The standard InChI is InChI=1S/C12H9ClN2O4S/c13-8-3-4-11(10(6-8)12(16)17)15-20(18,19)9-2-1-5-14-7-9/h1-7,15H,(H,16,17). The number of carboxylic acids is 1. The molecule has 0 saturated heterocycles. The van der Waals surface area contributed by atoms with Crippen molar-refractivity contribution < 1.29 is 18.3 Å². The van der Waals surface area contributed by atoms with E-state index in [1.54, 1.807) is 0 Å². The molecule has 0 unspecified atom stereocenters. The lowest BCUT2D eigenvalue weighted by molar-refractivity contribution is 0.0698. The highest BCUT2D eigenvalue weighted by Gasteiger charge is 2.18. The number of hydrogen-bond acceptors (Lipinski definition) is 4. The number of sulfonamides is 1. The Kier molecular flexibility index (Phi) is 3.91. The third-order valence-electron chi connectivity index (χ3n) is 2.40. The van der Waals surface area contributed by atoms with E-state index < -0.39 is 16.0 Å². The molecule has 0 aliphatic heterocycles. The van der Waals surface area contributed by atoms with Crippen molar-refractivity contribution in [2.75, 3.05) is 4.72 Å². The molecule has 0 saturated carbocycles. The van der Waals surface area contributed by atoms with Crippen LogP contribution in [0.4, 0.5) is 5.69 Å². The normalized spacial score (nSPS) is 11.1. The number of carbonyl (C=O) groups is 1. The van der Waals surface area contributed by atoms with Crippen LogP contribution in [-0.2, 0) is 10.0 Å². The molecule has 1 heterocycles. The van der Waals surface area contributed by atoms with Crippen LogP contribution in [0, 0.1) is 0 Å². The average Bonchev–Trinajstić information content (AvgIpc) is 2.41. The number of nitrogens with zero attached hydrogens (tertiary/aromatic N) is 1. The predicted octanol–water partition coefficient (Wildman–Crippen LogP) is 2.23. The van der Waals surface area contributed by atoms with E-state index in [2.05, 4.69) is 9.71 Å². The van der Waals surface area contributed by atoms with Crippen LogP contribution in [0.15, 0.2) is 47.6 Å². The van der Waals surface area contributed by atoms with Crippen molar-refractivity contribution in [2.24, 2.45) is 0 Å².